The van der Waals surface area contributed by atoms with Crippen molar-refractivity contribution in [2.75, 3.05) is 19.6 Å². The van der Waals surface area contributed by atoms with Crippen LogP contribution in [0.1, 0.15) is 49.2 Å². The lowest BCUT2D eigenvalue weighted by Gasteiger charge is -2.16. The fourth-order valence-electron chi connectivity index (χ4n) is 5.92. The maximum Gasteiger partial charge on any atom is 0.151 e. The van der Waals surface area contributed by atoms with Crippen molar-refractivity contribution >= 4 is 11.0 Å². The highest BCUT2D eigenvalue weighted by Gasteiger charge is 2.35. The highest BCUT2D eigenvalue weighted by molar-refractivity contribution is 5.83. The van der Waals surface area contributed by atoms with Crippen LogP contribution in [0.5, 0.6) is 0 Å². The van der Waals surface area contributed by atoms with Gasteiger partial charge in [0.2, 0.25) is 0 Å². The van der Waals surface area contributed by atoms with Gasteiger partial charge in [-0.15, -0.1) is 0 Å². The Kier molecular flexibility index (Phi) is 6.20. The number of benzene rings is 1. The van der Waals surface area contributed by atoms with Gasteiger partial charge in [0.15, 0.2) is 5.82 Å². The van der Waals surface area contributed by atoms with Gasteiger partial charge in [-0.05, 0) is 63.4 Å². The molecule has 7 nitrogen and oxygen atoms in total. The second kappa shape index (κ2) is 9.54. The molecule has 2 fully saturated rings. The molecule has 2 aliphatic heterocycles. The van der Waals surface area contributed by atoms with Crippen LogP contribution in [0.25, 0.3) is 22.2 Å². The van der Waals surface area contributed by atoms with Gasteiger partial charge < -0.3 is 9.88 Å². The Morgan fingerprint density at radius 3 is 2.59 bits per heavy atom. The molecule has 0 spiro atoms. The zero-order valence-corrected chi connectivity index (χ0v) is 21.4. The minimum Gasteiger partial charge on any atom is -0.326 e. The molecule has 0 saturated carbocycles. The van der Waals surface area contributed by atoms with Crippen molar-refractivity contribution < 1.29 is 8.78 Å². The number of hydrogen-bond donors (Lipinski definition) is 1. The van der Waals surface area contributed by atoms with Gasteiger partial charge in [0.1, 0.15) is 23.0 Å². The van der Waals surface area contributed by atoms with Crippen LogP contribution in [0.4, 0.5) is 8.78 Å². The van der Waals surface area contributed by atoms with Gasteiger partial charge in [-0.25, -0.2) is 23.7 Å². The molecule has 0 bridgehead atoms. The van der Waals surface area contributed by atoms with E-state index in [2.05, 4.69) is 30.2 Å². The van der Waals surface area contributed by atoms with Crippen LogP contribution in [-0.2, 0) is 13.0 Å². The van der Waals surface area contributed by atoms with Crippen molar-refractivity contribution in [1.82, 2.24) is 34.7 Å². The maximum absolute atomic E-state index is 15.0. The van der Waals surface area contributed by atoms with Crippen molar-refractivity contribution in [3.63, 3.8) is 0 Å². The number of imidazole rings is 1. The zero-order chi connectivity index (χ0) is 25.7. The predicted octanol–water partition coefficient (Wildman–Crippen LogP) is 4.44. The molecular formula is C28H31F2N7. The van der Waals surface area contributed by atoms with Crippen molar-refractivity contribution in [1.29, 1.82) is 0 Å². The molecule has 37 heavy (non-hydrogen) atoms. The molecule has 1 aromatic carbocycles. The quantitative estimate of drug-likeness (QED) is 0.420. The first kappa shape index (κ1) is 24.1. The number of likely N-dealkylation sites (tertiary alicyclic amines) is 1. The summed E-state index contributed by atoms with van der Waals surface area (Å²) in [6.45, 7) is 10.0. The van der Waals surface area contributed by atoms with E-state index in [0.717, 1.165) is 43.5 Å². The third-order valence-corrected chi connectivity index (χ3v) is 7.61. The summed E-state index contributed by atoms with van der Waals surface area (Å²) in [5, 5.41) is 3.58. The third-order valence-electron chi connectivity index (χ3n) is 7.61. The standard InChI is InChI=1S/C28H31F2N7/c1-16(2)37-17(3)35-28-23(29)6-20(7-26(28)37)22-8-21(32-12-24(22)30)9-27-33-10-18(11-34-27)13-36-14-19-4-5-31-25(19)15-36/h6-8,10-12,16,19,25,31H,4-5,9,13-15H2,1-3H3/t19-,25+/m0/s1. The van der Waals surface area contributed by atoms with Gasteiger partial charge in [-0.3, -0.25) is 9.88 Å². The van der Waals surface area contributed by atoms with Crippen molar-refractivity contribution in [2.24, 2.45) is 5.92 Å². The molecule has 4 aromatic rings. The zero-order valence-electron chi connectivity index (χ0n) is 21.4. The van der Waals surface area contributed by atoms with Crippen LogP contribution in [-0.4, -0.2) is 55.1 Å². The molecule has 2 saturated heterocycles. The number of aryl methyl sites for hydroxylation is 1. The highest BCUT2D eigenvalue weighted by atomic mass is 19.1. The number of fused-ring (bicyclic) bond motifs is 2. The number of halogens is 2. The molecule has 1 N–H and O–H groups in total. The van der Waals surface area contributed by atoms with Gasteiger partial charge in [0.05, 0.1) is 18.1 Å². The average Bonchev–Trinajstić information content (AvgIpc) is 3.54. The topological polar surface area (TPSA) is 71.8 Å². The van der Waals surface area contributed by atoms with E-state index in [4.69, 9.17) is 0 Å². The second-order valence-corrected chi connectivity index (χ2v) is 10.6. The smallest absolute Gasteiger partial charge is 0.151 e. The molecule has 3 aromatic heterocycles. The number of hydrogen-bond acceptors (Lipinski definition) is 6. The number of pyridine rings is 1. The minimum absolute atomic E-state index is 0.0967. The van der Waals surface area contributed by atoms with Crippen molar-refractivity contribution in [3.8, 4) is 11.1 Å². The predicted molar refractivity (Wildman–Crippen MR) is 138 cm³/mol. The van der Waals surface area contributed by atoms with Crippen LogP contribution >= 0.6 is 0 Å². The number of rotatable bonds is 6. The van der Waals surface area contributed by atoms with E-state index in [1.54, 1.807) is 12.1 Å². The van der Waals surface area contributed by atoms with Crippen LogP contribution < -0.4 is 5.32 Å². The first-order valence-electron chi connectivity index (χ1n) is 12.9. The number of aromatic nitrogens is 5. The summed E-state index contributed by atoms with van der Waals surface area (Å²) in [5.74, 6) is 1.12. The Morgan fingerprint density at radius 1 is 1.03 bits per heavy atom. The van der Waals surface area contributed by atoms with Gasteiger partial charge in [-0.2, -0.15) is 0 Å². The summed E-state index contributed by atoms with van der Waals surface area (Å²) >= 11 is 0. The highest BCUT2D eigenvalue weighted by Crippen LogP contribution is 2.31. The first-order chi connectivity index (χ1) is 17.9. The summed E-state index contributed by atoms with van der Waals surface area (Å²) < 4.78 is 31.8. The molecule has 2 aliphatic rings. The summed E-state index contributed by atoms with van der Waals surface area (Å²) in [5.41, 5.74) is 3.40. The minimum atomic E-state index is -0.504. The lowest BCUT2D eigenvalue weighted by atomic mass is 10.0. The molecule has 0 amide bonds. The van der Waals surface area contributed by atoms with E-state index in [1.807, 2.05) is 37.7 Å². The van der Waals surface area contributed by atoms with E-state index in [-0.39, 0.29) is 6.04 Å². The van der Waals surface area contributed by atoms with E-state index < -0.39 is 11.6 Å². The Hall–Kier alpha value is -3.30. The van der Waals surface area contributed by atoms with E-state index in [1.165, 1.54) is 18.7 Å². The largest absolute Gasteiger partial charge is 0.326 e. The molecular weight excluding hydrogens is 472 g/mol. The number of nitrogens with zero attached hydrogens (tertiary/aromatic N) is 6. The fraction of sp³-hybridized carbons (Fsp3) is 0.429. The molecule has 192 valence electrons. The van der Waals surface area contributed by atoms with Gasteiger partial charge in [0.25, 0.3) is 0 Å². The summed E-state index contributed by atoms with van der Waals surface area (Å²) in [7, 11) is 0. The second-order valence-electron chi connectivity index (χ2n) is 10.6. The molecule has 9 heteroatoms. The fourth-order valence-corrected chi connectivity index (χ4v) is 5.92. The third kappa shape index (κ3) is 4.62. The Bertz CT molecular complexity index is 1440. The van der Waals surface area contributed by atoms with Gasteiger partial charge in [0, 0.05) is 60.9 Å². The van der Waals surface area contributed by atoms with Gasteiger partial charge >= 0.3 is 0 Å². The lowest BCUT2D eigenvalue weighted by Crippen LogP contribution is -2.30. The molecule has 6 rings (SSSR count). The average molecular weight is 504 g/mol. The summed E-state index contributed by atoms with van der Waals surface area (Å²) in [4.78, 5) is 20.2. The molecule has 2 atom stereocenters. The Balaban J connectivity index is 1.22. The maximum atomic E-state index is 15.0. The van der Waals surface area contributed by atoms with Crippen LogP contribution in [0.3, 0.4) is 0 Å². The van der Waals surface area contributed by atoms with E-state index in [0.29, 0.717) is 46.1 Å². The summed E-state index contributed by atoms with van der Waals surface area (Å²) in [6, 6.07) is 5.51. The Morgan fingerprint density at radius 2 is 1.84 bits per heavy atom. The molecule has 5 heterocycles. The van der Waals surface area contributed by atoms with E-state index in [9.17, 15) is 8.78 Å². The van der Waals surface area contributed by atoms with Crippen LogP contribution in [0, 0.1) is 24.5 Å². The Labute approximate surface area is 215 Å². The summed E-state index contributed by atoms with van der Waals surface area (Å²) in [6.07, 6.45) is 6.54. The molecule has 0 aliphatic carbocycles. The lowest BCUT2D eigenvalue weighted by molar-refractivity contribution is 0.306. The first-order valence-corrected chi connectivity index (χ1v) is 12.9. The monoisotopic (exact) mass is 503 g/mol. The van der Waals surface area contributed by atoms with Gasteiger partial charge in [-0.1, -0.05) is 0 Å². The SMILES string of the molecule is Cc1nc2c(F)cc(-c3cc(Cc4ncc(CN5C[C@@H]6CCN[C@@H]6C5)cn4)ncc3F)cc2n1C(C)C. The van der Waals surface area contributed by atoms with Crippen LogP contribution in [0.15, 0.2) is 36.8 Å². The van der Waals surface area contributed by atoms with Crippen molar-refractivity contribution in [3.05, 3.63) is 71.3 Å². The van der Waals surface area contributed by atoms with Crippen molar-refractivity contribution in [2.45, 2.75) is 52.2 Å². The molecule has 0 radical (unpaired) electrons. The van der Waals surface area contributed by atoms with E-state index >= 15 is 0 Å². The van der Waals surface area contributed by atoms with Crippen LogP contribution in [0.2, 0.25) is 0 Å². The molecule has 0 unspecified atom stereocenters. The number of nitrogens with one attached hydrogen (secondary N) is 1. The normalized spacial score (nSPS) is 19.8.